The number of hydrogen-bond acceptors (Lipinski definition) is 4. The molecule has 0 saturated carbocycles. The number of hydrogen-bond donors (Lipinski definition) is 1. The van der Waals surface area contributed by atoms with Gasteiger partial charge in [0, 0.05) is 36.1 Å². The number of rotatable bonds is 5. The van der Waals surface area contributed by atoms with E-state index >= 15 is 0 Å². The van der Waals surface area contributed by atoms with Gasteiger partial charge in [-0.25, -0.2) is 14.4 Å². The molecule has 0 bridgehead atoms. The Morgan fingerprint density at radius 3 is 2.41 bits per heavy atom. The molecule has 5 nitrogen and oxygen atoms in total. The van der Waals surface area contributed by atoms with Gasteiger partial charge >= 0.3 is 0 Å². The molecule has 2 aromatic heterocycles. The average Bonchev–Trinajstić information content (AvgIpc) is 2.64. The number of fused-ring (bicyclic) bond motifs is 1. The number of pyridine rings is 2. The Balaban J connectivity index is 0.00000261. The minimum absolute atomic E-state index is 0. The molecule has 1 amide bonds. The van der Waals surface area contributed by atoms with Crippen LogP contribution in [0.3, 0.4) is 0 Å². The van der Waals surface area contributed by atoms with E-state index in [2.05, 4.69) is 15.3 Å². The van der Waals surface area contributed by atoms with Crippen LogP contribution in [0.2, 0.25) is 0 Å². The fraction of sp³-hybridized carbons (Fsp3) is 0.250. The lowest BCUT2D eigenvalue weighted by molar-refractivity contribution is 0.0774. The van der Waals surface area contributed by atoms with Gasteiger partial charge in [0.15, 0.2) is 5.65 Å². The summed E-state index contributed by atoms with van der Waals surface area (Å²) in [6, 6.07) is 9.80. The molecule has 7 heteroatoms. The number of aryl methyl sites for hydroxylation is 1. The van der Waals surface area contributed by atoms with Crippen LogP contribution in [0.15, 0.2) is 42.6 Å². The third-order valence-corrected chi connectivity index (χ3v) is 4.26. The van der Waals surface area contributed by atoms with Gasteiger partial charge in [0.2, 0.25) is 0 Å². The van der Waals surface area contributed by atoms with E-state index < -0.39 is 0 Å². The van der Waals surface area contributed by atoms with E-state index in [0.29, 0.717) is 35.7 Å². The molecule has 0 aliphatic carbocycles. The first-order chi connectivity index (χ1) is 12.5. The van der Waals surface area contributed by atoms with Crippen molar-refractivity contribution in [3.63, 3.8) is 0 Å². The number of aromatic nitrogens is 2. The fourth-order valence-corrected chi connectivity index (χ4v) is 2.83. The largest absolute Gasteiger partial charge is 0.354 e. The number of carbonyl (C=O) groups is 1. The van der Waals surface area contributed by atoms with Gasteiger partial charge < -0.3 is 10.2 Å². The average molecular weight is 389 g/mol. The first kappa shape index (κ1) is 20.6. The molecule has 0 fully saturated rings. The maximum Gasteiger partial charge on any atom is 0.257 e. The van der Waals surface area contributed by atoms with Crippen LogP contribution < -0.4 is 5.32 Å². The van der Waals surface area contributed by atoms with E-state index in [1.807, 2.05) is 32.9 Å². The molecule has 0 saturated heterocycles. The molecule has 2 heterocycles. The van der Waals surface area contributed by atoms with E-state index in [-0.39, 0.29) is 24.1 Å². The van der Waals surface area contributed by atoms with E-state index in [9.17, 15) is 9.18 Å². The third-order valence-electron chi connectivity index (χ3n) is 4.26. The maximum absolute atomic E-state index is 13.2. The Bertz CT molecular complexity index is 943. The van der Waals surface area contributed by atoms with E-state index in [1.54, 1.807) is 23.2 Å². The van der Waals surface area contributed by atoms with Gasteiger partial charge in [0.05, 0.1) is 11.3 Å². The highest BCUT2D eigenvalue weighted by Crippen LogP contribution is 2.29. The molecule has 142 valence electrons. The SMILES string of the molecule is CCN(CC)C(=O)c1cnc2nc(C)ccc2c1Nc1ccc(F)cc1.Cl. The standard InChI is InChI=1S/C20H21FN4O.ClH/c1-4-25(5-2)20(26)17-12-22-19-16(11-6-13(3)23-19)18(17)24-15-9-7-14(21)8-10-15;/h6-12H,4-5H2,1-3H3,(H,22,23,24);1H. The highest BCUT2D eigenvalue weighted by molar-refractivity contribution is 6.07. The number of nitrogens with one attached hydrogen (secondary N) is 1. The quantitative estimate of drug-likeness (QED) is 0.686. The topological polar surface area (TPSA) is 58.1 Å². The van der Waals surface area contributed by atoms with Crippen molar-refractivity contribution in [2.75, 3.05) is 18.4 Å². The molecule has 0 radical (unpaired) electrons. The molecule has 0 spiro atoms. The Labute approximate surface area is 164 Å². The predicted molar refractivity (Wildman–Crippen MR) is 108 cm³/mol. The third kappa shape index (κ3) is 4.34. The summed E-state index contributed by atoms with van der Waals surface area (Å²) in [5.41, 5.74) is 3.20. The van der Waals surface area contributed by atoms with Crippen molar-refractivity contribution in [2.45, 2.75) is 20.8 Å². The Morgan fingerprint density at radius 1 is 1.11 bits per heavy atom. The van der Waals surface area contributed by atoms with Gasteiger partial charge in [0.25, 0.3) is 5.91 Å². The molecule has 3 rings (SSSR count). The van der Waals surface area contributed by atoms with Crippen LogP contribution >= 0.6 is 12.4 Å². The second-order valence-electron chi connectivity index (χ2n) is 5.98. The normalized spacial score (nSPS) is 10.4. The second kappa shape index (κ2) is 8.77. The van der Waals surface area contributed by atoms with Crippen molar-refractivity contribution in [1.29, 1.82) is 0 Å². The van der Waals surface area contributed by atoms with Crippen LogP contribution in [-0.4, -0.2) is 33.9 Å². The molecule has 3 aromatic rings. The van der Waals surface area contributed by atoms with Crippen molar-refractivity contribution in [2.24, 2.45) is 0 Å². The van der Waals surface area contributed by atoms with E-state index in [4.69, 9.17) is 0 Å². The highest BCUT2D eigenvalue weighted by Gasteiger charge is 2.20. The Hall–Kier alpha value is -2.73. The molecule has 27 heavy (non-hydrogen) atoms. The van der Waals surface area contributed by atoms with Gasteiger partial charge in [-0.3, -0.25) is 4.79 Å². The molecule has 1 N–H and O–H groups in total. The van der Waals surface area contributed by atoms with Gasteiger partial charge in [-0.05, 0) is 57.2 Å². The first-order valence-corrected chi connectivity index (χ1v) is 8.61. The number of benzene rings is 1. The van der Waals surface area contributed by atoms with Crippen LogP contribution in [0.4, 0.5) is 15.8 Å². The summed E-state index contributed by atoms with van der Waals surface area (Å²) in [6.45, 7) is 6.98. The lowest BCUT2D eigenvalue weighted by atomic mass is 10.1. The number of carbonyl (C=O) groups excluding carboxylic acids is 1. The number of halogens is 2. The van der Waals surface area contributed by atoms with Crippen molar-refractivity contribution >= 4 is 40.7 Å². The molecular weight excluding hydrogens is 367 g/mol. The van der Waals surface area contributed by atoms with Crippen LogP contribution in [0.5, 0.6) is 0 Å². The number of nitrogens with zero attached hydrogens (tertiary/aromatic N) is 3. The van der Waals surface area contributed by atoms with E-state index in [0.717, 1.165) is 11.1 Å². The predicted octanol–water partition coefficient (Wildman–Crippen LogP) is 4.72. The van der Waals surface area contributed by atoms with Gasteiger partial charge in [-0.2, -0.15) is 0 Å². The number of anilines is 2. The van der Waals surface area contributed by atoms with E-state index in [1.165, 1.54) is 12.1 Å². The summed E-state index contributed by atoms with van der Waals surface area (Å²) in [6.07, 6.45) is 1.56. The second-order valence-corrected chi connectivity index (χ2v) is 5.98. The summed E-state index contributed by atoms with van der Waals surface area (Å²) in [5, 5.41) is 4.00. The number of amides is 1. The molecule has 0 atom stereocenters. The zero-order valence-corrected chi connectivity index (χ0v) is 16.3. The van der Waals surface area contributed by atoms with Gasteiger partial charge in [-0.15, -0.1) is 12.4 Å². The summed E-state index contributed by atoms with van der Waals surface area (Å²) in [5.74, 6) is -0.415. The summed E-state index contributed by atoms with van der Waals surface area (Å²) in [4.78, 5) is 23.5. The summed E-state index contributed by atoms with van der Waals surface area (Å²) >= 11 is 0. The van der Waals surface area contributed by atoms with Crippen molar-refractivity contribution in [3.05, 3.63) is 59.7 Å². The minimum Gasteiger partial charge on any atom is -0.354 e. The summed E-state index contributed by atoms with van der Waals surface area (Å²) in [7, 11) is 0. The van der Waals surface area contributed by atoms with Crippen LogP contribution in [0.1, 0.15) is 29.9 Å². The molecular formula is C20H22ClFN4O. The highest BCUT2D eigenvalue weighted by atomic mass is 35.5. The zero-order chi connectivity index (χ0) is 18.7. The lowest BCUT2D eigenvalue weighted by Crippen LogP contribution is -2.31. The molecule has 0 unspecified atom stereocenters. The van der Waals surface area contributed by atoms with Crippen molar-refractivity contribution < 1.29 is 9.18 Å². The van der Waals surface area contributed by atoms with Crippen molar-refractivity contribution in [1.82, 2.24) is 14.9 Å². The first-order valence-electron chi connectivity index (χ1n) is 8.61. The zero-order valence-electron chi connectivity index (χ0n) is 15.5. The maximum atomic E-state index is 13.2. The smallest absolute Gasteiger partial charge is 0.257 e. The van der Waals surface area contributed by atoms with Crippen LogP contribution in [0, 0.1) is 12.7 Å². The fourth-order valence-electron chi connectivity index (χ4n) is 2.83. The monoisotopic (exact) mass is 388 g/mol. The van der Waals surface area contributed by atoms with Crippen LogP contribution in [-0.2, 0) is 0 Å². The van der Waals surface area contributed by atoms with Crippen molar-refractivity contribution in [3.8, 4) is 0 Å². The van der Waals surface area contributed by atoms with Gasteiger partial charge in [-0.1, -0.05) is 0 Å². The minimum atomic E-state index is -0.313. The Morgan fingerprint density at radius 2 is 1.78 bits per heavy atom. The molecule has 0 aliphatic rings. The summed E-state index contributed by atoms with van der Waals surface area (Å²) < 4.78 is 13.2. The Kier molecular flexibility index (Phi) is 6.69. The lowest BCUT2D eigenvalue weighted by Gasteiger charge is -2.21. The molecule has 0 aliphatic heterocycles. The van der Waals surface area contributed by atoms with Gasteiger partial charge in [0.1, 0.15) is 5.82 Å². The van der Waals surface area contributed by atoms with Crippen LogP contribution in [0.25, 0.3) is 11.0 Å². The molecule has 1 aromatic carbocycles.